The Hall–Kier alpha value is -3.85. The molecule has 13 nitrogen and oxygen atoms in total. The van der Waals surface area contributed by atoms with Crippen molar-refractivity contribution >= 4 is 35.6 Å². The van der Waals surface area contributed by atoms with Gasteiger partial charge in [-0.3, -0.25) is 19.2 Å². The Morgan fingerprint density at radius 3 is 2.14 bits per heavy atom. The second kappa shape index (κ2) is 19.7. The molecular weight excluding hydrogens is 673 g/mol. The number of rotatable bonds is 16. The van der Waals surface area contributed by atoms with Gasteiger partial charge in [-0.15, -0.1) is 6.58 Å². The van der Waals surface area contributed by atoms with Gasteiger partial charge in [-0.05, 0) is 55.8 Å². The van der Waals surface area contributed by atoms with Gasteiger partial charge in [0.25, 0.3) is 5.91 Å². The molecule has 16 heteroatoms. The third-order valence-electron chi connectivity index (χ3n) is 9.56. The van der Waals surface area contributed by atoms with Gasteiger partial charge in [0.05, 0.1) is 12.1 Å². The number of halogens is 3. The van der Waals surface area contributed by atoms with E-state index in [0.29, 0.717) is 25.8 Å². The average molecular weight is 731 g/mol. The van der Waals surface area contributed by atoms with Gasteiger partial charge in [0.1, 0.15) is 18.7 Å². The zero-order valence-electron chi connectivity index (χ0n) is 30.8. The molecule has 2 aliphatic rings. The van der Waals surface area contributed by atoms with Crippen LogP contribution in [0, 0.1) is 23.2 Å². The van der Waals surface area contributed by atoms with E-state index in [4.69, 9.17) is 4.74 Å². The van der Waals surface area contributed by atoms with E-state index in [1.807, 2.05) is 34.6 Å². The number of hydrogen-bond acceptors (Lipinski definition) is 7. The predicted octanol–water partition coefficient (Wildman–Crippen LogP) is 3.97. The molecule has 1 aliphatic heterocycles. The zero-order chi connectivity index (χ0) is 38.5. The SMILES string of the molecule is C=CCNC(=O)C(=O)C(CCC(F)(F)F)NC(=O)[C@@H]1C(C(C)C)CCN1C(=O)[C@@H](NC(=O)N[C@H](COC(=O)NCC)C(C)(C)C)C1CCCCC1. The topological polar surface area (TPSA) is 175 Å². The number of Topliss-reactive ketones (excluding diaryl/α,β-unsaturated/α-hetero) is 1. The molecule has 5 atom stereocenters. The lowest BCUT2D eigenvalue weighted by Crippen LogP contribution is -2.61. The first-order chi connectivity index (χ1) is 23.8. The Labute approximate surface area is 299 Å². The fraction of sp³-hybridized carbons (Fsp3) is 0.771. The molecule has 1 heterocycles. The number of alkyl halides is 3. The molecule has 5 N–H and O–H groups in total. The highest BCUT2D eigenvalue weighted by molar-refractivity contribution is 6.38. The number of amides is 6. The van der Waals surface area contributed by atoms with Crippen LogP contribution in [0.3, 0.4) is 0 Å². The first kappa shape index (κ1) is 43.3. The normalized spacial score (nSPS) is 20.1. The van der Waals surface area contributed by atoms with Crippen LogP contribution in [-0.4, -0.2) is 97.1 Å². The Balaban J connectivity index is 2.39. The van der Waals surface area contributed by atoms with E-state index in [2.05, 4.69) is 33.2 Å². The molecule has 2 unspecified atom stereocenters. The van der Waals surface area contributed by atoms with E-state index in [1.165, 1.54) is 11.0 Å². The van der Waals surface area contributed by atoms with Crippen molar-refractivity contribution in [3.8, 4) is 0 Å². The van der Waals surface area contributed by atoms with Crippen molar-refractivity contribution in [1.82, 2.24) is 31.5 Å². The Bertz CT molecular complexity index is 1230. The summed E-state index contributed by atoms with van der Waals surface area (Å²) in [6, 6.07) is -5.29. The first-order valence-electron chi connectivity index (χ1n) is 17.9. The van der Waals surface area contributed by atoms with Crippen molar-refractivity contribution in [2.45, 2.75) is 123 Å². The lowest BCUT2D eigenvalue weighted by Gasteiger charge is -2.37. The van der Waals surface area contributed by atoms with Crippen molar-refractivity contribution in [1.29, 1.82) is 0 Å². The van der Waals surface area contributed by atoms with Gasteiger partial charge in [0, 0.05) is 26.1 Å². The number of nitrogens with zero attached hydrogens (tertiary/aromatic N) is 1. The molecule has 6 amide bonds. The number of alkyl carbamates (subject to hydrolysis) is 1. The molecule has 2 fully saturated rings. The number of hydrogen-bond donors (Lipinski definition) is 5. The minimum Gasteiger partial charge on any atom is -0.447 e. The molecule has 0 radical (unpaired) electrons. The molecular formula is C35H57F3N6O7. The number of ketones is 1. The van der Waals surface area contributed by atoms with Crippen molar-refractivity contribution in [3.05, 3.63) is 12.7 Å². The molecule has 0 spiro atoms. The van der Waals surface area contributed by atoms with Crippen LogP contribution < -0.4 is 26.6 Å². The van der Waals surface area contributed by atoms with Gasteiger partial charge in [0.2, 0.25) is 17.6 Å². The fourth-order valence-corrected chi connectivity index (χ4v) is 6.57. The second-order valence-electron chi connectivity index (χ2n) is 14.8. The molecule has 0 aromatic carbocycles. The van der Waals surface area contributed by atoms with Crippen LogP contribution in [0.25, 0.3) is 0 Å². The summed E-state index contributed by atoms with van der Waals surface area (Å²) in [6.45, 7) is 14.7. The molecule has 0 aromatic heterocycles. The quantitative estimate of drug-likeness (QED) is 0.118. The molecule has 2 rings (SSSR count). The Morgan fingerprint density at radius 2 is 1.59 bits per heavy atom. The number of ether oxygens (including phenoxy) is 1. The molecule has 1 aliphatic carbocycles. The average Bonchev–Trinajstić information content (AvgIpc) is 3.51. The standard InChI is InChI=1S/C35H57F3N6O7/c1-8-18-40-30(47)28(45)24(15-17-35(36,37)38)41-29(46)27-23(21(3)4)16-19-44(27)31(48)26(22-13-11-10-12-14-22)43-32(49)42-25(34(5,6)7)20-51-33(50)39-9-2/h8,21-27H,1,9-20H2,2-7H3,(H,39,50)(H,40,47)(H,41,46)(H2,42,43,49)/t23?,24?,25-,26+,27+/m1/s1. The van der Waals surface area contributed by atoms with Crippen molar-refractivity contribution in [2.75, 3.05) is 26.2 Å². The van der Waals surface area contributed by atoms with Crippen LogP contribution in [-0.2, 0) is 23.9 Å². The lowest BCUT2D eigenvalue weighted by molar-refractivity contribution is -0.147. The van der Waals surface area contributed by atoms with E-state index >= 15 is 0 Å². The molecule has 1 saturated carbocycles. The van der Waals surface area contributed by atoms with E-state index in [9.17, 15) is 41.9 Å². The van der Waals surface area contributed by atoms with Crippen molar-refractivity contribution in [3.63, 3.8) is 0 Å². The summed E-state index contributed by atoms with van der Waals surface area (Å²) in [6.07, 6.45) is -1.98. The minimum atomic E-state index is -4.66. The minimum absolute atomic E-state index is 0.105. The number of carbonyl (C=O) groups is 6. The summed E-state index contributed by atoms with van der Waals surface area (Å²) in [5, 5.41) is 12.8. The molecule has 0 bridgehead atoms. The monoisotopic (exact) mass is 730 g/mol. The summed E-state index contributed by atoms with van der Waals surface area (Å²) in [5.41, 5.74) is -0.542. The zero-order valence-corrected chi connectivity index (χ0v) is 30.8. The highest BCUT2D eigenvalue weighted by atomic mass is 19.4. The summed E-state index contributed by atoms with van der Waals surface area (Å²) in [5.74, 6) is -4.59. The highest BCUT2D eigenvalue weighted by Gasteiger charge is 2.47. The van der Waals surface area contributed by atoms with Gasteiger partial charge in [-0.25, -0.2) is 9.59 Å². The van der Waals surface area contributed by atoms with Crippen LogP contribution in [0.4, 0.5) is 22.8 Å². The van der Waals surface area contributed by atoms with E-state index in [0.717, 1.165) is 19.3 Å². The number of urea groups is 1. The Morgan fingerprint density at radius 1 is 0.941 bits per heavy atom. The van der Waals surface area contributed by atoms with Crippen LogP contribution in [0.5, 0.6) is 0 Å². The molecule has 290 valence electrons. The number of nitrogens with one attached hydrogen (secondary N) is 5. The third kappa shape index (κ3) is 13.7. The van der Waals surface area contributed by atoms with Crippen LogP contribution >= 0.6 is 0 Å². The van der Waals surface area contributed by atoms with Gasteiger partial charge in [-0.1, -0.05) is 60.0 Å². The molecule has 0 aromatic rings. The predicted molar refractivity (Wildman–Crippen MR) is 184 cm³/mol. The number of carbonyl (C=O) groups excluding carboxylic acids is 6. The molecule has 1 saturated heterocycles. The second-order valence-corrected chi connectivity index (χ2v) is 14.8. The van der Waals surface area contributed by atoms with Gasteiger partial charge in [-0.2, -0.15) is 13.2 Å². The highest BCUT2D eigenvalue weighted by Crippen LogP contribution is 2.34. The van der Waals surface area contributed by atoms with E-state index in [1.54, 1.807) is 6.92 Å². The van der Waals surface area contributed by atoms with E-state index in [-0.39, 0.29) is 31.5 Å². The van der Waals surface area contributed by atoms with E-state index < -0.39 is 90.1 Å². The van der Waals surface area contributed by atoms with Gasteiger partial charge < -0.3 is 36.2 Å². The maximum Gasteiger partial charge on any atom is 0.407 e. The molecule has 51 heavy (non-hydrogen) atoms. The lowest BCUT2D eigenvalue weighted by atomic mass is 9.82. The smallest absolute Gasteiger partial charge is 0.407 e. The number of likely N-dealkylation sites (tertiary alicyclic amines) is 1. The summed E-state index contributed by atoms with van der Waals surface area (Å²) in [4.78, 5) is 80.7. The maximum absolute atomic E-state index is 14.5. The fourth-order valence-electron chi connectivity index (χ4n) is 6.57. The van der Waals surface area contributed by atoms with Crippen molar-refractivity contribution in [2.24, 2.45) is 23.2 Å². The third-order valence-corrected chi connectivity index (χ3v) is 9.56. The summed E-state index contributed by atoms with van der Waals surface area (Å²) < 4.78 is 45.0. The summed E-state index contributed by atoms with van der Waals surface area (Å²) in [7, 11) is 0. The maximum atomic E-state index is 14.5. The van der Waals surface area contributed by atoms with Crippen LogP contribution in [0.1, 0.15) is 92.9 Å². The van der Waals surface area contributed by atoms with Gasteiger partial charge in [0.15, 0.2) is 0 Å². The first-order valence-corrected chi connectivity index (χ1v) is 17.9. The van der Waals surface area contributed by atoms with Gasteiger partial charge >= 0.3 is 18.3 Å². The van der Waals surface area contributed by atoms with Crippen LogP contribution in [0.2, 0.25) is 0 Å². The van der Waals surface area contributed by atoms with Crippen molar-refractivity contribution < 1.29 is 46.7 Å². The summed E-state index contributed by atoms with van der Waals surface area (Å²) >= 11 is 0. The Kier molecular flexibility index (Phi) is 16.7. The van der Waals surface area contributed by atoms with Crippen LogP contribution in [0.15, 0.2) is 12.7 Å². The largest absolute Gasteiger partial charge is 0.447 e.